The predicted molar refractivity (Wildman–Crippen MR) is 92.0 cm³/mol. The van der Waals surface area contributed by atoms with Crippen molar-refractivity contribution in [3.8, 4) is 0 Å². The van der Waals surface area contributed by atoms with E-state index in [4.69, 9.17) is 0 Å². The molecule has 0 aliphatic heterocycles. The number of non-ortho nitro benzene ring substituents is 1. The highest BCUT2D eigenvalue weighted by atomic mass is 32.2. The highest BCUT2D eigenvalue weighted by Crippen LogP contribution is 2.67. The van der Waals surface area contributed by atoms with E-state index in [0.29, 0.717) is 22.0 Å². The van der Waals surface area contributed by atoms with Gasteiger partial charge in [0.2, 0.25) is 0 Å². The van der Waals surface area contributed by atoms with Crippen molar-refractivity contribution in [1.29, 1.82) is 0 Å². The Hall–Kier alpha value is -1.89. The number of hydrogen-bond acceptors (Lipinski definition) is 5. The second kappa shape index (κ2) is 4.81. The van der Waals surface area contributed by atoms with Crippen molar-refractivity contribution < 1.29 is 9.72 Å². The number of nitro benzene ring substituents is 1. The van der Waals surface area contributed by atoms with Crippen LogP contribution in [0, 0.1) is 26.9 Å². The molecule has 2 aliphatic carbocycles. The highest BCUT2D eigenvalue weighted by molar-refractivity contribution is 8.00. The van der Waals surface area contributed by atoms with E-state index in [2.05, 4.69) is 30.7 Å². The molecular formula is C17H19N3O3S. The number of benzene rings is 1. The van der Waals surface area contributed by atoms with E-state index in [-0.39, 0.29) is 27.7 Å². The maximum Gasteiger partial charge on any atom is 0.271 e. The number of nitrogens with one attached hydrogen (secondary N) is 1. The second-order valence-electron chi connectivity index (χ2n) is 7.63. The molecule has 1 N–H and O–H groups in total. The molecular weight excluding hydrogens is 326 g/mol. The molecule has 1 heterocycles. The quantitative estimate of drug-likeness (QED) is 0.672. The van der Waals surface area contributed by atoms with Gasteiger partial charge in [0.1, 0.15) is 5.78 Å². The molecule has 0 radical (unpaired) electrons. The van der Waals surface area contributed by atoms with E-state index in [0.717, 1.165) is 12.8 Å². The number of nitro groups is 1. The van der Waals surface area contributed by atoms with Gasteiger partial charge in [-0.3, -0.25) is 14.9 Å². The zero-order valence-corrected chi connectivity index (χ0v) is 14.6. The Balaban J connectivity index is 1.68. The lowest BCUT2D eigenvalue weighted by molar-refractivity contribution is -0.384. The summed E-state index contributed by atoms with van der Waals surface area (Å²) >= 11 is 1.48. The monoisotopic (exact) mass is 345 g/mol. The van der Waals surface area contributed by atoms with Gasteiger partial charge in [-0.2, -0.15) is 0 Å². The first-order valence-electron chi connectivity index (χ1n) is 8.08. The number of carbonyl (C=O) groups excluding carboxylic acids is 1. The number of carbonyl (C=O) groups is 1. The normalized spacial score (nSPS) is 31.0. The van der Waals surface area contributed by atoms with E-state index < -0.39 is 4.92 Å². The van der Waals surface area contributed by atoms with Gasteiger partial charge in [-0.25, -0.2) is 4.98 Å². The van der Waals surface area contributed by atoms with Gasteiger partial charge >= 0.3 is 0 Å². The van der Waals surface area contributed by atoms with Gasteiger partial charge in [0.05, 0.1) is 21.2 Å². The van der Waals surface area contributed by atoms with Gasteiger partial charge in [-0.1, -0.05) is 32.5 Å². The smallest absolute Gasteiger partial charge is 0.271 e. The summed E-state index contributed by atoms with van der Waals surface area (Å²) in [5, 5.41) is 11.4. The van der Waals surface area contributed by atoms with E-state index in [1.54, 1.807) is 6.07 Å². The van der Waals surface area contributed by atoms with Gasteiger partial charge in [0, 0.05) is 18.1 Å². The minimum atomic E-state index is -0.421. The largest absolute Gasteiger partial charge is 0.333 e. The Morgan fingerprint density at radius 1 is 1.38 bits per heavy atom. The molecule has 2 bridgehead atoms. The Morgan fingerprint density at radius 2 is 2.12 bits per heavy atom. The van der Waals surface area contributed by atoms with Crippen LogP contribution in [0.15, 0.2) is 23.4 Å². The summed E-state index contributed by atoms with van der Waals surface area (Å²) in [5.74, 6) is 0.454. The Morgan fingerprint density at radius 3 is 2.75 bits per heavy atom. The Labute approximate surface area is 143 Å². The zero-order chi connectivity index (χ0) is 17.3. The third-order valence-corrected chi connectivity index (χ3v) is 7.76. The lowest BCUT2D eigenvalue weighted by atomic mass is 9.71. The lowest BCUT2D eigenvalue weighted by Crippen LogP contribution is -2.35. The van der Waals surface area contributed by atoms with E-state index in [1.165, 1.54) is 23.9 Å². The molecule has 2 aliphatic rings. The van der Waals surface area contributed by atoms with Crippen molar-refractivity contribution in [3.05, 3.63) is 28.3 Å². The summed E-state index contributed by atoms with van der Waals surface area (Å²) < 4.78 is 0. The number of rotatable bonds is 3. The van der Waals surface area contributed by atoms with E-state index in [1.807, 2.05) is 0 Å². The topological polar surface area (TPSA) is 88.9 Å². The number of Topliss-reactive ketones (excluding diaryl/α,β-unsaturated/α-hetero) is 1. The number of fused-ring (bicyclic) bond motifs is 3. The Kier molecular flexibility index (Phi) is 3.13. The van der Waals surface area contributed by atoms with Crippen molar-refractivity contribution >= 4 is 34.3 Å². The number of imidazole rings is 1. The average Bonchev–Trinajstić information content (AvgIpc) is 3.05. The number of thioether (sulfide) groups is 1. The summed E-state index contributed by atoms with van der Waals surface area (Å²) in [6.07, 6.45) is 2.03. The van der Waals surface area contributed by atoms with Gasteiger partial charge in [0.15, 0.2) is 5.16 Å². The highest BCUT2D eigenvalue weighted by Gasteiger charge is 2.66. The van der Waals surface area contributed by atoms with Crippen molar-refractivity contribution in [3.63, 3.8) is 0 Å². The van der Waals surface area contributed by atoms with Crippen LogP contribution in [0.3, 0.4) is 0 Å². The van der Waals surface area contributed by atoms with Gasteiger partial charge in [-0.15, -0.1) is 0 Å². The van der Waals surface area contributed by atoms with E-state index in [9.17, 15) is 14.9 Å². The fraction of sp³-hybridized carbons (Fsp3) is 0.529. The van der Waals surface area contributed by atoms with Crippen LogP contribution in [-0.4, -0.2) is 25.9 Å². The molecule has 3 atom stereocenters. The molecule has 24 heavy (non-hydrogen) atoms. The number of aromatic amines is 1. The number of ketones is 1. The van der Waals surface area contributed by atoms with Crippen LogP contribution in [0.2, 0.25) is 0 Å². The fourth-order valence-electron chi connectivity index (χ4n) is 4.43. The molecule has 0 spiro atoms. The van der Waals surface area contributed by atoms with Crippen molar-refractivity contribution in [2.75, 3.05) is 0 Å². The molecule has 7 heteroatoms. The minimum absolute atomic E-state index is 0.00650. The van der Waals surface area contributed by atoms with Crippen LogP contribution in [0.25, 0.3) is 11.0 Å². The van der Waals surface area contributed by atoms with Gasteiger partial charge in [-0.05, 0) is 29.7 Å². The summed E-state index contributed by atoms with van der Waals surface area (Å²) in [7, 11) is 0. The van der Waals surface area contributed by atoms with Crippen molar-refractivity contribution in [2.24, 2.45) is 16.7 Å². The molecule has 4 rings (SSSR count). The van der Waals surface area contributed by atoms with Crippen LogP contribution in [-0.2, 0) is 4.79 Å². The first-order chi connectivity index (χ1) is 11.2. The SMILES string of the molecule is CC1(C)[C@@H]2CC[C@@]1(C)[C@H](Sc1nc3ccc([N+](=O)[O-])cc3[nH]1)C2=O. The van der Waals surface area contributed by atoms with Gasteiger partial charge < -0.3 is 4.98 Å². The molecule has 1 aromatic heterocycles. The lowest BCUT2D eigenvalue weighted by Gasteiger charge is -2.37. The molecule has 0 amide bonds. The van der Waals surface area contributed by atoms with Crippen molar-refractivity contribution in [1.82, 2.24) is 9.97 Å². The maximum atomic E-state index is 12.8. The third kappa shape index (κ3) is 1.90. The van der Waals surface area contributed by atoms with Crippen molar-refractivity contribution in [2.45, 2.75) is 44.0 Å². The summed E-state index contributed by atoms with van der Waals surface area (Å²) in [5.41, 5.74) is 1.32. The maximum absolute atomic E-state index is 12.8. The predicted octanol–water partition coefficient (Wildman–Crippen LogP) is 3.96. The van der Waals surface area contributed by atoms with E-state index >= 15 is 0 Å². The molecule has 0 saturated heterocycles. The number of aromatic nitrogens is 2. The molecule has 2 aromatic rings. The average molecular weight is 345 g/mol. The third-order valence-electron chi connectivity index (χ3n) is 6.36. The zero-order valence-electron chi connectivity index (χ0n) is 13.8. The molecule has 2 saturated carbocycles. The number of hydrogen-bond donors (Lipinski definition) is 1. The van der Waals surface area contributed by atoms with Crippen LogP contribution in [0.1, 0.15) is 33.6 Å². The van der Waals surface area contributed by atoms with Crippen LogP contribution >= 0.6 is 11.8 Å². The molecule has 6 nitrogen and oxygen atoms in total. The minimum Gasteiger partial charge on any atom is -0.333 e. The summed E-state index contributed by atoms with van der Waals surface area (Å²) in [6, 6.07) is 4.58. The number of H-pyrrole nitrogens is 1. The standard InChI is InChI=1S/C17H19N3O3S/c1-16(2)10-6-7-17(16,3)14(13(10)21)24-15-18-11-5-4-9(20(22)23)8-12(11)19-15/h4-5,8,10,14H,6-7H2,1-3H3,(H,18,19)/t10-,14-,17+/m1/s1. The summed E-state index contributed by atoms with van der Waals surface area (Å²) in [6.45, 7) is 6.61. The molecule has 126 valence electrons. The Bertz CT molecular complexity index is 875. The van der Waals surface area contributed by atoms with Crippen LogP contribution in [0.5, 0.6) is 0 Å². The van der Waals surface area contributed by atoms with Crippen LogP contribution < -0.4 is 0 Å². The summed E-state index contributed by atoms with van der Waals surface area (Å²) in [4.78, 5) is 30.9. The first kappa shape index (κ1) is 15.6. The van der Waals surface area contributed by atoms with Crippen LogP contribution in [0.4, 0.5) is 5.69 Å². The first-order valence-corrected chi connectivity index (χ1v) is 8.96. The molecule has 0 unspecified atom stereocenters. The van der Waals surface area contributed by atoms with Gasteiger partial charge in [0.25, 0.3) is 5.69 Å². The fourth-order valence-corrected chi connectivity index (χ4v) is 5.94. The molecule has 2 fully saturated rings. The number of nitrogens with zero attached hydrogens (tertiary/aromatic N) is 2. The molecule has 1 aromatic carbocycles. The second-order valence-corrected chi connectivity index (χ2v) is 8.72.